The lowest BCUT2D eigenvalue weighted by molar-refractivity contribution is 0.140. The smallest absolute Gasteiger partial charge is 0.191 e. The van der Waals surface area contributed by atoms with Crippen molar-refractivity contribution >= 4 is 5.96 Å². The zero-order valence-electron chi connectivity index (χ0n) is 19.2. The lowest BCUT2D eigenvalue weighted by atomic mass is 9.99. The predicted molar refractivity (Wildman–Crippen MR) is 123 cm³/mol. The molecule has 3 rings (SSSR count). The Morgan fingerprint density at radius 2 is 2.06 bits per heavy atom. The van der Waals surface area contributed by atoms with Crippen molar-refractivity contribution in [1.82, 2.24) is 15.8 Å². The summed E-state index contributed by atoms with van der Waals surface area (Å²) in [5.41, 5.74) is 3.26. The molecule has 31 heavy (non-hydrogen) atoms. The summed E-state index contributed by atoms with van der Waals surface area (Å²) in [6.07, 6.45) is 3.17. The highest BCUT2D eigenvalue weighted by atomic mass is 16.5. The Morgan fingerprint density at radius 1 is 1.23 bits per heavy atom. The topological polar surface area (TPSA) is 80.9 Å². The van der Waals surface area contributed by atoms with Gasteiger partial charge in [0.2, 0.25) is 0 Å². The van der Waals surface area contributed by atoms with Crippen molar-refractivity contribution in [3.63, 3.8) is 0 Å². The molecule has 1 aliphatic heterocycles. The van der Waals surface area contributed by atoms with Gasteiger partial charge in [-0.05, 0) is 38.3 Å². The molecule has 2 heterocycles. The minimum atomic E-state index is 0.117. The average Bonchev–Trinajstić information content (AvgIpc) is 3.44. The molecule has 7 nitrogen and oxygen atoms in total. The molecule has 1 saturated heterocycles. The summed E-state index contributed by atoms with van der Waals surface area (Å²) in [6, 6.07) is 8.31. The second-order valence-corrected chi connectivity index (χ2v) is 7.99. The number of hydrogen-bond donors (Lipinski definition) is 2. The van der Waals surface area contributed by atoms with Gasteiger partial charge in [-0.1, -0.05) is 31.1 Å². The van der Waals surface area contributed by atoms with E-state index in [4.69, 9.17) is 19.0 Å². The van der Waals surface area contributed by atoms with E-state index in [1.165, 1.54) is 5.56 Å². The summed E-state index contributed by atoms with van der Waals surface area (Å²) in [6.45, 7) is 11.7. The van der Waals surface area contributed by atoms with Crippen LogP contribution in [0.2, 0.25) is 0 Å². The van der Waals surface area contributed by atoms with E-state index in [-0.39, 0.29) is 6.10 Å². The quantitative estimate of drug-likeness (QED) is 0.434. The number of nitrogens with zero attached hydrogens (tertiary/aromatic N) is 2. The molecule has 2 aromatic rings. The van der Waals surface area contributed by atoms with Crippen LogP contribution in [0.3, 0.4) is 0 Å². The van der Waals surface area contributed by atoms with Crippen LogP contribution in [0.4, 0.5) is 0 Å². The van der Waals surface area contributed by atoms with Crippen molar-refractivity contribution in [1.29, 1.82) is 0 Å². The number of ether oxygens (including phenoxy) is 2. The van der Waals surface area contributed by atoms with Crippen LogP contribution in [-0.2, 0) is 17.8 Å². The Bertz CT molecular complexity index is 839. The monoisotopic (exact) mass is 428 g/mol. The summed E-state index contributed by atoms with van der Waals surface area (Å²) in [5, 5.41) is 10.9. The van der Waals surface area contributed by atoms with Gasteiger partial charge in [0.05, 0.1) is 32.0 Å². The standard InChI is InChI=1S/C24H36N4O3/c1-5-18(6-2)22-13-21(31-28-22)15-27-24(25-7-3)26-14-19-9-8-17(4)12-23(19)30-20-10-11-29-16-20/h8-9,12-13,18,20H,5-7,10-11,14-16H2,1-4H3,(H2,25,26,27). The minimum Gasteiger partial charge on any atom is -0.488 e. The first-order chi connectivity index (χ1) is 15.1. The van der Waals surface area contributed by atoms with Gasteiger partial charge in [0.25, 0.3) is 0 Å². The zero-order chi connectivity index (χ0) is 22.1. The number of guanidine groups is 1. The maximum Gasteiger partial charge on any atom is 0.191 e. The molecule has 1 unspecified atom stereocenters. The van der Waals surface area contributed by atoms with Crippen LogP contribution in [-0.4, -0.2) is 37.0 Å². The Labute approximate surface area is 185 Å². The maximum absolute atomic E-state index is 6.20. The van der Waals surface area contributed by atoms with Crippen molar-refractivity contribution in [3.05, 3.63) is 46.8 Å². The molecule has 2 N–H and O–H groups in total. The molecule has 1 aliphatic rings. The van der Waals surface area contributed by atoms with E-state index in [0.29, 0.717) is 25.6 Å². The third-order valence-corrected chi connectivity index (χ3v) is 5.57. The molecule has 0 bridgehead atoms. The maximum atomic E-state index is 6.20. The van der Waals surface area contributed by atoms with Gasteiger partial charge in [0.15, 0.2) is 11.7 Å². The van der Waals surface area contributed by atoms with E-state index in [2.05, 4.69) is 61.7 Å². The van der Waals surface area contributed by atoms with Crippen LogP contribution in [0.5, 0.6) is 5.75 Å². The summed E-state index contributed by atoms with van der Waals surface area (Å²) in [7, 11) is 0. The first-order valence-electron chi connectivity index (χ1n) is 11.4. The van der Waals surface area contributed by atoms with Gasteiger partial charge in [-0.15, -0.1) is 0 Å². The largest absolute Gasteiger partial charge is 0.488 e. The van der Waals surface area contributed by atoms with E-state index in [1.807, 2.05) is 6.07 Å². The predicted octanol–water partition coefficient (Wildman–Crippen LogP) is 4.31. The number of benzene rings is 1. The fourth-order valence-corrected chi connectivity index (χ4v) is 3.68. The lowest BCUT2D eigenvalue weighted by Crippen LogP contribution is -2.36. The number of aromatic nitrogens is 1. The van der Waals surface area contributed by atoms with Gasteiger partial charge < -0.3 is 24.6 Å². The third-order valence-electron chi connectivity index (χ3n) is 5.57. The number of rotatable bonds is 10. The highest BCUT2D eigenvalue weighted by Crippen LogP contribution is 2.25. The average molecular weight is 429 g/mol. The Kier molecular flexibility index (Phi) is 8.76. The van der Waals surface area contributed by atoms with E-state index >= 15 is 0 Å². The molecular formula is C24H36N4O3. The van der Waals surface area contributed by atoms with Crippen LogP contribution in [0.25, 0.3) is 0 Å². The van der Waals surface area contributed by atoms with Crippen molar-refractivity contribution in [2.24, 2.45) is 4.99 Å². The molecule has 170 valence electrons. The van der Waals surface area contributed by atoms with Crippen molar-refractivity contribution < 1.29 is 14.0 Å². The second kappa shape index (κ2) is 11.7. The van der Waals surface area contributed by atoms with Crippen LogP contribution < -0.4 is 15.4 Å². The van der Waals surface area contributed by atoms with Crippen LogP contribution in [0.1, 0.15) is 68.5 Å². The Morgan fingerprint density at radius 3 is 2.77 bits per heavy atom. The van der Waals surface area contributed by atoms with E-state index in [1.54, 1.807) is 0 Å². The molecule has 0 aliphatic carbocycles. The van der Waals surface area contributed by atoms with Gasteiger partial charge in [-0.2, -0.15) is 0 Å². The first-order valence-corrected chi connectivity index (χ1v) is 11.4. The second-order valence-electron chi connectivity index (χ2n) is 7.99. The summed E-state index contributed by atoms with van der Waals surface area (Å²) >= 11 is 0. The number of aryl methyl sites for hydroxylation is 1. The van der Waals surface area contributed by atoms with Gasteiger partial charge >= 0.3 is 0 Å². The first kappa shape index (κ1) is 23.1. The molecule has 1 atom stereocenters. The molecular weight excluding hydrogens is 392 g/mol. The Balaban J connectivity index is 1.64. The molecule has 0 amide bonds. The Hall–Kier alpha value is -2.54. The fraction of sp³-hybridized carbons (Fsp3) is 0.583. The van der Waals surface area contributed by atoms with Gasteiger partial charge in [-0.25, -0.2) is 4.99 Å². The van der Waals surface area contributed by atoms with Gasteiger partial charge in [0.1, 0.15) is 11.9 Å². The fourth-order valence-electron chi connectivity index (χ4n) is 3.68. The van der Waals surface area contributed by atoms with Crippen LogP contribution >= 0.6 is 0 Å². The normalized spacial score (nSPS) is 16.7. The van der Waals surface area contributed by atoms with Crippen molar-refractivity contribution in [3.8, 4) is 5.75 Å². The van der Waals surface area contributed by atoms with Crippen molar-refractivity contribution in [2.45, 2.75) is 72.1 Å². The number of hydrogen-bond acceptors (Lipinski definition) is 5. The summed E-state index contributed by atoms with van der Waals surface area (Å²) < 4.78 is 17.2. The highest BCUT2D eigenvalue weighted by Gasteiger charge is 2.19. The molecule has 1 aromatic carbocycles. The molecule has 0 spiro atoms. The van der Waals surface area contributed by atoms with E-state index in [0.717, 1.165) is 61.1 Å². The van der Waals surface area contributed by atoms with E-state index < -0.39 is 0 Å². The van der Waals surface area contributed by atoms with Crippen LogP contribution in [0.15, 0.2) is 33.8 Å². The minimum absolute atomic E-state index is 0.117. The van der Waals surface area contributed by atoms with E-state index in [9.17, 15) is 0 Å². The molecule has 7 heteroatoms. The molecule has 1 aromatic heterocycles. The molecule has 0 saturated carbocycles. The van der Waals surface area contributed by atoms with Gasteiger partial charge in [0, 0.05) is 30.5 Å². The molecule has 0 radical (unpaired) electrons. The lowest BCUT2D eigenvalue weighted by Gasteiger charge is -2.16. The molecule has 1 fully saturated rings. The third kappa shape index (κ3) is 6.72. The highest BCUT2D eigenvalue weighted by molar-refractivity contribution is 5.79. The van der Waals surface area contributed by atoms with Crippen LogP contribution in [0, 0.1) is 6.92 Å². The number of nitrogens with one attached hydrogen (secondary N) is 2. The van der Waals surface area contributed by atoms with Gasteiger partial charge in [-0.3, -0.25) is 0 Å². The SMILES string of the molecule is CCNC(=NCc1ccc(C)cc1OC1CCOC1)NCc1cc(C(CC)CC)no1. The summed E-state index contributed by atoms with van der Waals surface area (Å²) in [5.74, 6) is 2.89. The summed E-state index contributed by atoms with van der Waals surface area (Å²) in [4.78, 5) is 4.76. The van der Waals surface area contributed by atoms with Crippen molar-refractivity contribution in [2.75, 3.05) is 19.8 Å². The zero-order valence-corrected chi connectivity index (χ0v) is 19.2. The number of aliphatic imine (C=N–C) groups is 1.